The average molecular weight is 347 g/mol. The third kappa shape index (κ3) is 3.34. The lowest BCUT2D eigenvalue weighted by atomic mass is 10.0. The van der Waals surface area contributed by atoms with Gasteiger partial charge in [0.15, 0.2) is 0 Å². The number of carbonyl (C=O) groups excluding carboxylic acids is 1. The van der Waals surface area contributed by atoms with Gasteiger partial charge in [-0.05, 0) is 37.0 Å². The van der Waals surface area contributed by atoms with E-state index in [4.69, 9.17) is 16.1 Å². The summed E-state index contributed by atoms with van der Waals surface area (Å²) in [6.45, 7) is 4.86. The Morgan fingerprint density at radius 3 is 2.92 bits per heavy atom. The number of hydrogen-bond acceptors (Lipinski definition) is 3. The summed E-state index contributed by atoms with van der Waals surface area (Å²) in [5, 5.41) is 4.83. The first-order valence-corrected chi connectivity index (χ1v) is 9.03. The summed E-state index contributed by atoms with van der Waals surface area (Å²) in [4.78, 5) is 14.9. The number of halogens is 1. The molecule has 1 amide bonds. The molecule has 2 aromatic rings. The lowest BCUT2D eigenvalue weighted by Gasteiger charge is -2.25. The van der Waals surface area contributed by atoms with Gasteiger partial charge in [0.1, 0.15) is 5.76 Å². The normalized spacial score (nSPS) is 17.5. The highest BCUT2D eigenvalue weighted by Crippen LogP contribution is 2.33. The second-order valence-electron chi connectivity index (χ2n) is 6.22. The molecule has 1 saturated heterocycles. The standard InChI is InChI=1S/C19H23ClN2O2/c1-3-16-15(18(4-2)24-21-16)12-19(23)22-10-6-9-17(22)13-7-5-8-14(20)11-13/h5,7-8,11,17H,3-4,6,9-10,12H2,1-2H3. The lowest BCUT2D eigenvalue weighted by Crippen LogP contribution is -2.32. The van der Waals surface area contributed by atoms with Crippen LogP contribution in [-0.2, 0) is 24.1 Å². The molecule has 1 fully saturated rings. The first kappa shape index (κ1) is 17.0. The molecule has 0 saturated carbocycles. The van der Waals surface area contributed by atoms with Crippen molar-refractivity contribution < 1.29 is 9.32 Å². The predicted molar refractivity (Wildman–Crippen MR) is 94.1 cm³/mol. The van der Waals surface area contributed by atoms with Crippen molar-refractivity contribution in [3.05, 3.63) is 51.9 Å². The predicted octanol–water partition coefficient (Wildman–Crippen LogP) is 4.36. The largest absolute Gasteiger partial charge is 0.361 e. The van der Waals surface area contributed by atoms with Crippen LogP contribution in [0.25, 0.3) is 0 Å². The van der Waals surface area contributed by atoms with E-state index in [2.05, 4.69) is 11.2 Å². The molecule has 2 heterocycles. The van der Waals surface area contributed by atoms with Crippen LogP contribution in [0.1, 0.15) is 55.3 Å². The maximum atomic E-state index is 12.9. The molecule has 1 aliphatic rings. The molecule has 5 heteroatoms. The molecule has 0 bridgehead atoms. The van der Waals surface area contributed by atoms with Crippen molar-refractivity contribution in [1.82, 2.24) is 10.1 Å². The molecule has 4 nitrogen and oxygen atoms in total. The molecule has 1 aromatic carbocycles. The molecule has 24 heavy (non-hydrogen) atoms. The van der Waals surface area contributed by atoms with E-state index in [1.807, 2.05) is 36.9 Å². The van der Waals surface area contributed by atoms with Crippen molar-refractivity contribution in [2.45, 2.75) is 52.0 Å². The number of aryl methyl sites for hydroxylation is 2. The monoisotopic (exact) mass is 346 g/mol. The zero-order chi connectivity index (χ0) is 17.1. The van der Waals surface area contributed by atoms with Crippen molar-refractivity contribution >= 4 is 17.5 Å². The number of nitrogens with zero attached hydrogens (tertiary/aromatic N) is 2. The van der Waals surface area contributed by atoms with Gasteiger partial charge in [0.05, 0.1) is 18.2 Å². The molecule has 1 atom stereocenters. The lowest BCUT2D eigenvalue weighted by molar-refractivity contribution is -0.131. The molecular weight excluding hydrogens is 324 g/mol. The Morgan fingerprint density at radius 1 is 1.38 bits per heavy atom. The smallest absolute Gasteiger partial charge is 0.227 e. The van der Waals surface area contributed by atoms with Gasteiger partial charge >= 0.3 is 0 Å². The van der Waals surface area contributed by atoms with Crippen LogP contribution < -0.4 is 0 Å². The molecule has 1 unspecified atom stereocenters. The van der Waals surface area contributed by atoms with E-state index >= 15 is 0 Å². The van der Waals surface area contributed by atoms with Crippen LogP contribution in [0, 0.1) is 0 Å². The Bertz CT molecular complexity index is 704. The van der Waals surface area contributed by atoms with Crippen LogP contribution in [-0.4, -0.2) is 22.5 Å². The third-order valence-electron chi connectivity index (χ3n) is 4.74. The Labute approximate surface area is 147 Å². The number of benzene rings is 1. The fourth-order valence-electron chi connectivity index (χ4n) is 3.52. The van der Waals surface area contributed by atoms with Gasteiger partial charge < -0.3 is 9.42 Å². The summed E-state index contributed by atoms with van der Waals surface area (Å²) in [7, 11) is 0. The minimum atomic E-state index is 0.117. The summed E-state index contributed by atoms with van der Waals surface area (Å²) in [6.07, 6.45) is 3.91. The fourth-order valence-corrected chi connectivity index (χ4v) is 3.71. The fraction of sp³-hybridized carbons (Fsp3) is 0.474. The molecule has 1 aliphatic heterocycles. The van der Waals surface area contributed by atoms with Crippen molar-refractivity contribution in [1.29, 1.82) is 0 Å². The molecule has 0 spiro atoms. The van der Waals surface area contributed by atoms with E-state index < -0.39 is 0 Å². The van der Waals surface area contributed by atoms with Gasteiger partial charge in [-0.1, -0.05) is 42.7 Å². The van der Waals surface area contributed by atoms with Gasteiger partial charge in [-0.3, -0.25) is 4.79 Å². The van der Waals surface area contributed by atoms with Crippen LogP contribution in [0.4, 0.5) is 0 Å². The second kappa shape index (κ2) is 7.39. The van der Waals surface area contributed by atoms with Crippen LogP contribution in [0.15, 0.2) is 28.8 Å². The van der Waals surface area contributed by atoms with E-state index in [1.165, 1.54) is 0 Å². The maximum Gasteiger partial charge on any atom is 0.227 e. The number of carbonyl (C=O) groups is 1. The zero-order valence-corrected chi connectivity index (χ0v) is 15.0. The molecule has 0 N–H and O–H groups in total. The summed E-state index contributed by atoms with van der Waals surface area (Å²) in [6, 6.07) is 7.95. The maximum absolute atomic E-state index is 12.9. The van der Waals surface area contributed by atoms with E-state index in [9.17, 15) is 4.79 Å². The number of amides is 1. The summed E-state index contributed by atoms with van der Waals surface area (Å²) in [5.41, 5.74) is 2.99. The molecule has 1 aromatic heterocycles. The number of rotatable bonds is 5. The van der Waals surface area contributed by atoms with Crippen LogP contribution in [0.2, 0.25) is 5.02 Å². The van der Waals surface area contributed by atoms with Crippen LogP contribution >= 0.6 is 11.6 Å². The highest BCUT2D eigenvalue weighted by Gasteiger charge is 2.31. The topological polar surface area (TPSA) is 46.3 Å². The number of aromatic nitrogens is 1. The Hall–Kier alpha value is -1.81. The van der Waals surface area contributed by atoms with E-state index in [0.29, 0.717) is 11.4 Å². The highest BCUT2D eigenvalue weighted by atomic mass is 35.5. The van der Waals surface area contributed by atoms with Crippen molar-refractivity contribution in [3.8, 4) is 0 Å². The first-order chi connectivity index (χ1) is 11.6. The van der Waals surface area contributed by atoms with Gasteiger partial charge in [-0.25, -0.2) is 0 Å². The Balaban J connectivity index is 1.80. The second-order valence-corrected chi connectivity index (χ2v) is 6.65. The molecule has 128 valence electrons. The van der Waals surface area contributed by atoms with Gasteiger partial charge in [-0.15, -0.1) is 0 Å². The Kier molecular flexibility index (Phi) is 5.24. The average Bonchev–Trinajstić information content (AvgIpc) is 3.21. The number of hydrogen-bond donors (Lipinski definition) is 0. The van der Waals surface area contributed by atoms with Gasteiger partial charge in [0, 0.05) is 23.6 Å². The molecule has 0 aliphatic carbocycles. The Morgan fingerprint density at radius 2 is 2.21 bits per heavy atom. The summed E-state index contributed by atoms with van der Waals surface area (Å²) in [5.74, 6) is 0.976. The van der Waals surface area contributed by atoms with Gasteiger partial charge in [0.25, 0.3) is 0 Å². The van der Waals surface area contributed by atoms with Crippen molar-refractivity contribution in [2.75, 3.05) is 6.54 Å². The molecule has 3 rings (SSSR count). The van der Waals surface area contributed by atoms with E-state index in [-0.39, 0.29) is 11.9 Å². The van der Waals surface area contributed by atoms with E-state index in [0.717, 1.165) is 54.8 Å². The van der Waals surface area contributed by atoms with Crippen LogP contribution in [0.3, 0.4) is 0 Å². The van der Waals surface area contributed by atoms with Gasteiger partial charge in [-0.2, -0.15) is 0 Å². The third-order valence-corrected chi connectivity index (χ3v) is 4.98. The summed E-state index contributed by atoms with van der Waals surface area (Å²) >= 11 is 6.12. The summed E-state index contributed by atoms with van der Waals surface area (Å²) < 4.78 is 5.39. The molecule has 0 radical (unpaired) electrons. The van der Waals surface area contributed by atoms with E-state index in [1.54, 1.807) is 0 Å². The van der Waals surface area contributed by atoms with Crippen molar-refractivity contribution in [2.24, 2.45) is 0 Å². The minimum Gasteiger partial charge on any atom is -0.361 e. The van der Waals surface area contributed by atoms with Crippen LogP contribution in [0.5, 0.6) is 0 Å². The molecular formula is C19H23ClN2O2. The minimum absolute atomic E-state index is 0.117. The zero-order valence-electron chi connectivity index (χ0n) is 14.2. The van der Waals surface area contributed by atoms with Gasteiger partial charge in [0.2, 0.25) is 5.91 Å². The SMILES string of the molecule is CCc1noc(CC)c1CC(=O)N1CCCC1c1cccc(Cl)c1. The first-order valence-electron chi connectivity index (χ1n) is 8.65. The van der Waals surface area contributed by atoms with Crippen molar-refractivity contribution in [3.63, 3.8) is 0 Å². The number of likely N-dealkylation sites (tertiary alicyclic amines) is 1. The quantitative estimate of drug-likeness (QED) is 0.808. The highest BCUT2D eigenvalue weighted by molar-refractivity contribution is 6.30.